The molecular weight excluding hydrogens is 1570 g/mol. The Bertz CT molecular complexity index is 4770. The minimum atomic E-state index is -1.02. The van der Waals surface area contributed by atoms with Gasteiger partial charge in [-0.25, -0.2) is 33.6 Å². The van der Waals surface area contributed by atoms with Crippen molar-refractivity contribution in [1.82, 2.24) is 65.4 Å². The van der Waals surface area contributed by atoms with Crippen LogP contribution in [0.4, 0.5) is 35.5 Å². The summed E-state index contributed by atoms with van der Waals surface area (Å²) in [4.78, 5) is 173. The van der Waals surface area contributed by atoms with Crippen LogP contribution in [0.15, 0.2) is 109 Å². The summed E-state index contributed by atoms with van der Waals surface area (Å²) < 4.78 is 45.8. The Balaban J connectivity index is 0.643. The number of halogens is 1. The van der Waals surface area contributed by atoms with Crippen molar-refractivity contribution >= 4 is 116 Å². The first-order valence-corrected chi connectivity index (χ1v) is 39.5. The number of rotatable bonds is 42. The SMILES string of the molecule is Cc1cccc2c(OC(=O)N3CCN(C)CC3)cc3c(c12)[C@H](CCl)CN3C(=O)c1cc2cc(NC(=O)c3ccc(OC(=O)N(CCOCCO)CCN(C)C(=O)OCc4ccc(CC(=O)[C@H](CCCNC(N)=O)NC(=O)[C@@H](CC(=O)OCCOCCn5cc(CNC(=O)OCCOCCN6C(=O)C=CC6=O)nn5)C(C)C)cc4)cc3)ncc2[nH]1. The number of likely N-dealkylation sites (N-methyl/N-ethyl adjacent to an activating group) is 2. The molecular formula is C81H99ClN16O21. The maximum Gasteiger partial charge on any atom is 0.415 e. The van der Waals surface area contributed by atoms with E-state index in [4.69, 9.17) is 55.2 Å². The third-order valence-electron chi connectivity index (χ3n) is 19.9. The zero-order chi connectivity index (χ0) is 85.1. The number of H-pyrrole nitrogens is 1. The molecule has 0 bridgehead atoms. The van der Waals surface area contributed by atoms with Gasteiger partial charge in [0.2, 0.25) is 5.91 Å². The number of nitrogens with one attached hydrogen (secondary N) is 5. The molecule has 38 heteroatoms. The van der Waals surface area contributed by atoms with Crippen LogP contribution in [0.1, 0.15) is 87.8 Å². The van der Waals surface area contributed by atoms with E-state index in [1.54, 1.807) is 72.3 Å². The second kappa shape index (κ2) is 43.9. The minimum Gasteiger partial charge on any atom is -0.463 e. The highest BCUT2D eigenvalue weighted by Gasteiger charge is 2.38. The van der Waals surface area contributed by atoms with Gasteiger partial charge in [0.15, 0.2) is 5.78 Å². The topological polar surface area (TPSA) is 452 Å². The Morgan fingerprint density at radius 1 is 0.773 bits per heavy atom. The zero-order valence-corrected chi connectivity index (χ0v) is 67.6. The Labute approximate surface area is 690 Å². The lowest BCUT2D eigenvalue weighted by molar-refractivity contribution is -0.149. The lowest BCUT2D eigenvalue weighted by atomic mass is 9.90. The summed E-state index contributed by atoms with van der Waals surface area (Å²) in [6.07, 6.45) is 2.73. The van der Waals surface area contributed by atoms with E-state index >= 15 is 0 Å². The third kappa shape index (κ3) is 25.7. The number of amides is 11. The number of nitrogens with two attached hydrogens (primary N) is 1. The maximum absolute atomic E-state index is 14.6. The summed E-state index contributed by atoms with van der Waals surface area (Å²) in [6, 6.07) is 21.5. The molecule has 0 radical (unpaired) electrons. The number of benzene rings is 4. The van der Waals surface area contributed by atoms with Gasteiger partial charge in [0.05, 0.1) is 108 Å². The molecule has 7 aromatic rings. The molecule has 4 aromatic carbocycles. The van der Waals surface area contributed by atoms with Crippen molar-refractivity contribution in [3.8, 4) is 11.5 Å². The zero-order valence-electron chi connectivity index (χ0n) is 66.8. The van der Waals surface area contributed by atoms with Crippen LogP contribution in [0.25, 0.3) is 21.7 Å². The summed E-state index contributed by atoms with van der Waals surface area (Å²) in [5.74, 6) is -3.89. The Morgan fingerprint density at radius 3 is 2.20 bits per heavy atom. The van der Waals surface area contributed by atoms with Gasteiger partial charge in [-0.15, -0.1) is 16.7 Å². The minimum absolute atomic E-state index is 0.00939. The second-order valence-electron chi connectivity index (χ2n) is 28.8. The van der Waals surface area contributed by atoms with Crippen LogP contribution in [0.3, 0.4) is 0 Å². The number of esters is 1. The number of nitrogens with zero attached hydrogens (tertiary/aromatic N) is 10. The number of hydrogen-bond donors (Lipinski definition) is 7. The average molecular weight is 1670 g/mol. The van der Waals surface area contributed by atoms with Gasteiger partial charge in [0, 0.05) is 119 Å². The Hall–Kier alpha value is -12.2. The van der Waals surface area contributed by atoms with Gasteiger partial charge in [0.1, 0.15) is 48.5 Å². The van der Waals surface area contributed by atoms with Crippen molar-refractivity contribution in [2.24, 2.45) is 17.6 Å². The van der Waals surface area contributed by atoms with Gasteiger partial charge in [-0.1, -0.05) is 61.5 Å². The molecule has 37 nitrogen and oxygen atoms in total. The van der Waals surface area contributed by atoms with Crippen molar-refractivity contribution in [2.75, 3.05) is 155 Å². The number of pyridine rings is 1. The monoisotopic (exact) mass is 1670 g/mol. The number of anilines is 2. The van der Waals surface area contributed by atoms with Crippen molar-refractivity contribution in [3.05, 3.63) is 149 Å². The fourth-order valence-corrected chi connectivity index (χ4v) is 13.5. The molecule has 119 heavy (non-hydrogen) atoms. The summed E-state index contributed by atoms with van der Waals surface area (Å²) in [5, 5.41) is 30.2. The molecule has 10 rings (SSSR count). The molecule has 0 aliphatic carbocycles. The number of ether oxygens (including phenoxy) is 8. The highest BCUT2D eigenvalue weighted by Crippen LogP contribution is 2.47. The first-order chi connectivity index (χ1) is 57.3. The first-order valence-electron chi connectivity index (χ1n) is 38.9. The van der Waals surface area contributed by atoms with Gasteiger partial charge in [-0.05, 0) is 96.8 Å². The molecule has 636 valence electrons. The molecule has 3 atom stereocenters. The van der Waals surface area contributed by atoms with Crippen LogP contribution in [0.2, 0.25) is 0 Å². The van der Waals surface area contributed by atoms with Gasteiger partial charge in [-0.2, -0.15) is 0 Å². The molecule has 8 N–H and O–H groups in total. The number of fused-ring (bicyclic) bond motifs is 4. The number of aromatic amines is 1. The number of alkyl carbamates (subject to hydrolysis) is 1. The quantitative estimate of drug-likeness (QED) is 0.00780. The number of Topliss-reactive ketones (excluding diaryl/α,β-unsaturated/α-hetero) is 1. The number of carbonyl (C=O) groups excluding carboxylic acids is 12. The van der Waals surface area contributed by atoms with Crippen LogP contribution in [-0.4, -0.2) is 277 Å². The number of imide groups is 1. The number of alkyl halides is 1. The Morgan fingerprint density at radius 2 is 1.49 bits per heavy atom. The summed E-state index contributed by atoms with van der Waals surface area (Å²) >= 11 is 6.63. The average Bonchev–Trinajstić information content (AvgIpc) is 1.46. The lowest BCUT2D eigenvalue weighted by Gasteiger charge is -2.31. The van der Waals surface area contributed by atoms with E-state index in [9.17, 15) is 62.6 Å². The van der Waals surface area contributed by atoms with Crippen molar-refractivity contribution < 1.29 is 101 Å². The fourth-order valence-electron chi connectivity index (χ4n) is 13.3. The van der Waals surface area contributed by atoms with E-state index in [1.807, 2.05) is 32.2 Å². The van der Waals surface area contributed by atoms with Crippen LogP contribution in [0, 0.1) is 18.8 Å². The second-order valence-corrected chi connectivity index (χ2v) is 29.1. The number of ketones is 1. The van der Waals surface area contributed by atoms with Gasteiger partial charge >= 0.3 is 36.4 Å². The predicted octanol–water partition coefficient (Wildman–Crippen LogP) is 5.81. The number of hydrogen-bond acceptors (Lipinski definition) is 25. The molecule has 1 fully saturated rings. The standard InChI is InChI=1S/C81H99ClN16O21/c1-51(2)61(43-71(103)115-38-36-113-33-29-96-49-58(90-91-96)46-86-78(108)116-39-37-114-34-30-97-69(101)19-20-70(97)102)75(105)88-62(10-7-21-84-77(83)107)66(100)40-53-11-13-54(14-12-53)50-117-79(109)93(5)24-27-95(28-32-112-35-31-99)80(110)118-59-17-15-55(16-18-59)74(104)89-68-42-56-41-63(87-64(56)47-85-68)76(106)98-48-57(45-82)73-65(98)44-67(60-9-6-8-52(3)72(60)73)119-81(111)94-25-22-92(4)23-26-94/h6,8-9,11-20,41-42,44,47,49,51,57,61-62,87,99H,7,10,21-40,43,45-46,48,50H2,1-5H3,(H,86,108)(H,88,105)(H3,83,84,107)(H,85,89,104)/t57-,61+,62+/m1/s1. The highest BCUT2D eigenvalue weighted by molar-refractivity contribution is 6.20. The summed E-state index contributed by atoms with van der Waals surface area (Å²) in [6.45, 7) is 8.46. The molecule has 3 aromatic heterocycles. The van der Waals surface area contributed by atoms with Crippen molar-refractivity contribution in [3.63, 3.8) is 0 Å². The van der Waals surface area contributed by atoms with E-state index in [0.717, 1.165) is 26.8 Å². The third-order valence-corrected chi connectivity index (χ3v) is 20.3. The smallest absolute Gasteiger partial charge is 0.415 e. The van der Waals surface area contributed by atoms with E-state index in [0.29, 0.717) is 65.3 Å². The van der Waals surface area contributed by atoms with E-state index < -0.39 is 72.0 Å². The first kappa shape index (κ1) is 89.2. The molecule has 0 unspecified atom stereocenters. The lowest BCUT2D eigenvalue weighted by Crippen LogP contribution is -2.48. The summed E-state index contributed by atoms with van der Waals surface area (Å²) in [7, 11) is 3.48. The maximum atomic E-state index is 14.6. The number of aromatic nitrogens is 5. The molecule has 6 heterocycles. The number of primary amides is 1. The molecule has 3 aliphatic heterocycles. The Kier molecular flexibility index (Phi) is 32.9. The largest absolute Gasteiger partial charge is 0.463 e. The van der Waals surface area contributed by atoms with Gasteiger partial charge in [0.25, 0.3) is 23.6 Å². The summed E-state index contributed by atoms with van der Waals surface area (Å²) in [5.41, 5.74) is 10.3. The molecule has 11 amide bonds. The van der Waals surface area contributed by atoms with E-state index in [1.165, 1.54) is 64.1 Å². The van der Waals surface area contributed by atoms with Gasteiger partial charge in [-0.3, -0.25) is 38.5 Å². The van der Waals surface area contributed by atoms with Crippen molar-refractivity contribution in [1.29, 1.82) is 0 Å². The number of urea groups is 1. The van der Waals surface area contributed by atoms with Crippen LogP contribution in [-0.2, 0) is 78.5 Å². The number of aliphatic hydroxyl groups excluding tert-OH is 1. The molecule has 3 aliphatic rings. The van der Waals surface area contributed by atoms with Crippen LogP contribution in [0.5, 0.6) is 11.5 Å². The van der Waals surface area contributed by atoms with Crippen molar-refractivity contribution in [2.45, 2.75) is 78.1 Å². The number of aryl methyl sites for hydroxylation is 1. The fraction of sp³-hybridized carbons (Fsp3) is 0.444. The van der Waals surface area contributed by atoms with E-state index in [-0.39, 0.29) is 196 Å². The molecule has 0 saturated carbocycles. The molecule has 1 saturated heterocycles. The van der Waals surface area contributed by atoms with E-state index in [2.05, 4.69) is 46.4 Å². The molecule has 0 spiro atoms. The predicted molar refractivity (Wildman–Crippen MR) is 431 cm³/mol. The van der Waals surface area contributed by atoms with Gasteiger partial charge < -0.3 is 99.5 Å². The van der Waals surface area contributed by atoms with Crippen LogP contribution < -0.4 is 41.4 Å². The normalized spacial score (nSPS) is 14.4. The number of aliphatic hydroxyl groups is 1. The number of carbonyl (C=O) groups is 12. The number of piperazine rings is 1. The highest BCUT2D eigenvalue weighted by atomic mass is 35.5. The van der Waals surface area contributed by atoms with Crippen LogP contribution >= 0.6 is 11.6 Å².